The van der Waals surface area contributed by atoms with Crippen LogP contribution in [0.25, 0.3) is 0 Å². The van der Waals surface area contributed by atoms with Crippen molar-refractivity contribution < 1.29 is 92.5 Å². The van der Waals surface area contributed by atoms with Crippen LogP contribution < -0.4 is 70.2 Å². The number of unbranched alkanes of at least 4 members (excludes halogenated alkanes) is 3. The maximum atomic E-state index is 11.6. The van der Waals surface area contributed by atoms with E-state index in [-0.39, 0.29) is 78.5 Å². The third kappa shape index (κ3) is 11.4. The third-order valence-corrected chi connectivity index (χ3v) is 3.73. The molecule has 0 bridgehead atoms. The second-order valence-corrected chi connectivity index (χ2v) is 6.34. The van der Waals surface area contributed by atoms with E-state index in [4.69, 9.17) is 9.84 Å². The first kappa shape index (κ1) is 27.0. The average Bonchev–Trinajstić information content (AvgIpc) is 2.21. The maximum absolute atomic E-state index is 11.6. The van der Waals surface area contributed by atoms with Gasteiger partial charge in [0.25, 0.3) is 0 Å². The fraction of sp³-hybridized carbons (Fsp3) is 0.867. The van der Waals surface area contributed by atoms with Gasteiger partial charge in [0.15, 0.2) is 0 Å². The Balaban J connectivity index is -0.000000270. The van der Waals surface area contributed by atoms with E-state index in [9.17, 15) is 9.59 Å². The Hall–Kier alpha value is 1.17. The SMILES string of the molecule is CCCCCCC(C)(OC(=O)CC(=O)O)C(C)(C)C.[H-].[H-].[K+].[Li+]. The van der Waals surface area contributed by atoms with Crippen molar-refractivity contribution in [2.75, 3.05) is 0 Å². The van der Waals surface area contributed by atoms with Crippen LogP contribution in [0.3, 0.4) is 0 Å². The Bertz CT molecular complexity index is 325. The fourth-order valence-electron chi connectivity index (χ4n) is 1.88. The molecule has 116 valence electrons. The summed E-state index contributed by atoms with van der Waals surface area (Å²) in [6.07, 6.45) is 4.62. The maximum Gasteiger partial charge on any atom is 1.00 e. The molecule has 1 atom stereocenters. The Morgan fingerprint density at radius 3 is 2.00 bits per heavy atom. The van der Waals surface area contributed by atoms with Crippen molar-refractivity contribution >= 4 is 11.9 Å². The van der Waals surface area contributed by atoms with Gasteiger partial charge in [-0.15, -0.1) is 0 Å². The van der Waals surface area contributed by atoms with Crippen molar-refractivity contribution in [3.8, 4) is 0 Å². The summed E-state index contributed by atoms with van der Waals surface area (Å²) in [7, 11) is 0. The van der Waals surface area contributed by atoms with Crippen LogP contribution in [-0.4, -0.2) is 22.6 Å². The van der Waals surface area contributed by atoms with Crippen molar-refractivity contribution in [1.29, 1.82) is 0 Å². The van der Waals surface area contributed by atoms with E-state index in [1.807, 2.05) is 27.7 Å². The minimum Gasteiger partial charge on any atom is -1.00 e. The largest absolute Gasteiger partial charge is 1.00 e. The molecule has 0 rings (SSSR count). The van der Waals surface area contributed by atoms with Crippen LogP contribution in [0.5, 0.6) is 0 Å². The summed E-state index contributed by atoms with van der Waals surface area (Å²) in [5, 5.41) is 8.63. The minimum absolute atomic E-state index is 0. The van der Waals surface area contributed by atoms with E-state index in [1.54, 1.807) is 0 Å². The predicted octanol–water partition coefficient (Wildman–Crippen LogP) is -1.99. The second kappa shape index (κ2) is 12.6. The Morgan fingerprint density at radius 2 is 1.62 bits per heavy atom. The number of carboxylic acid groups (broad SMARTS) is 1. The number of rotatable bonds is 8. The summed E-state index contributed by atoms with van der Waals surface area (Å²) >= 11 is 0. The van der Waals surface area contributed by atoms with Crippen molar-refractivity contribution in [3.05, 3.63) is 0 Å². The summed E-state index contributed by atoms with van der Waals surface area (Å²) < 4.78 is 5.47. The normalized spacial score (nSPS) is 13.4. The molecule has 0 saturated carbocycles. The molecule has 0 heterocycles. The van der Waals surface area contributed by atoms with Gasteiger partial charge in [0, 0.05) is 5.41 Å². The number of carbonyl (C=O) groups is 2. The molecule has 0 spiro atoms. The third-order valence-electron chi connectivity index (χ3n) is 3.73. The molecule has 0 aromatic carbocycles. The van der Waals surface area contributed by atoms with Crippen LogP contribution in [0, 0.1) is 5.41 Å². The molecular formula is C15H30KLiO4. The molecule has 0 saturated heterocycles. The number of aliphatic carboxylic acids is 1. The summed E-state index contributed by atoms with van der Waals surface area (Å²) in [5.41, 5.74) is -0.833. The molecule has 6 heteroatoms. The van der Waals surface area contributed by atoms with E-state index in [1.165, 1.54) is 6.42 Å². The predicted molar refractivity (Wildman–Crippen MR) is 77.2 cm³/mol. The van der Waals surface area contributed by atoms with Crippen LogP contribution >= 0.6 is 0 Å². The van der Waals surface area contributed by atoms with Crippen LogP contribution in [0.4, 0.5) is 0 Å². The minimum atomic E-state index is -1.15. The van der Waals surface area contributed by atoms with Gasteiger partial charge in [-0.3, -0.25) is 9.59 Å². The molecule has 4 nitrogen and oxygen atoms in total. The molecule has 0 aliphatic rings. The molecule has 0 aliphatic carbocycles. The molecular weight excluding hydrogens is 290 g/mol. The second-order valence-electron chi connectivity index (χ2n) is 6.34. The van der Waals surface area contributed by atoms with E-state index < -0.39 is 24.0 Å². The van der Waals surface area contributed by atoms with Crippen molar-refractivity contribution in [1.82, 2.24) is 0 Å². The van der Waals surface area contributed by atoms with Gasteiger partial charge in [-0.1, -0.05) is 47.0 Å². The van der Waals surface area contributed by atoms with E-state index >= 15 is 0 Å². The molecule has 0 aromatic heterocycles. The van der Waals surface area contributed by atoms with Crippen molar-refractivity contribution in [3.63, 3.8) is 0 Å². The van der Waals surface area contributed by atoms with E-state index in [0.29, 0.717) is 0 Å². The fourth-order valence-corrected chi connectivity index (χ4v) is 1.88. The number of carboxylic acids is 1. The first-order valence-corrected chi connectivity index (χ1v) is 7.06. The van der Waals surface area contributed by atoms with Gasteiger partial charge in [-0.05, 0) is 19.8 Å². The zero-order valence-corrected chi connectivity index (χ0v) is 18.0. The molecule has 0 amide bonds. The first-order chi connectivity index (χ1) is 8.62. The van der Waals surface area contributed by atoms with Crippen molar-refractivity contribution in [2.45, 2.75) is 78.7 Å². The van der Waals surface area contributed by atoms with Crippen molar-refractivity contribution in [2.24, 2.45) is 5.41 Å². The first-order valence-electron chi connectivity index (χ1n) is 7.06. The van der Waals surface area contributed by atoms with Crippen LogP contribution in [-0.2, 0) is 14.3 Å². The summed E-state index contributed by atoms with van der Waals surface area (Å²) in [4.78, 5) is 22.1. The van der Waals surface area contributed by atoms with Gasteiger partial charge in [0.2, 0.25) is 0 Å². The zero-order chi connectivity index (χ0) is 15.1. The number of esters is 1. The summed E-state index contributed by atoms with van der Waals surface area (Å²) in [6, 6.07) is 0. The average molecular weight is 320 g/mol. The van der Waals surface area contributed by atoms with Gasteiger partial charge < -0.3 is 12.7 Å². The summed E-state index contributed by atoms with van der Waals surface area (Å²) in [5.74, 6) is -1.80. The Labute approximate surface area is 186 Å². The van der Waals surface area contributed by atoms with Gasteiger partial charge in [0.1, 0.15) is 12.0 Å². The standard InChI is InChI=1S/C15H28O4.K.Li.2H/c1-6-7-8-9-10-15(5,14(2,3)4)19-13(18)11-12(16)17;;;;/h6-11H2,1-5H3,(H,16,17);;;;/q;2*+1;2*-1. The Kier molecular flexibility index (Phi) is 16.2. The molecule has 0 radical (unpaired) electrons. The number of hydrogen-bond acceptors (Lipinski definition) is 3. The zero-order valence-electron chi connectivity index (χ0n) is 16.9. The van der Waals surface area contributed by atoms with Gasteiger partial charge >= 0.3 is 82.2 Å². The summed E-state index contributed by atoms with van der Waals surface area (Å²) in [6.45, 7) is 10.1. The van der Waals surface area contributed by atoms with Gasteiger partial charge in [-0.25, -0.2) is 0 Å². The molecule has 0 aromatic rings. The van der Waals surface area contributed by atoms with Gasteiger partial charge in [-0.2, -0.15) is 0 Å². The smallest absolute Gasteiger partial charge is 1.00 e. The van der Waals surface area contributed by atoms with E-state index in [2.05, 4.69) is 6.92 Å². The van der Waals surface area contributed by atoms with Crippen LogP contribution in [0.2, 0.25) is 0 Å². The molecule has 21 heavy (non-hydrogen) atoms. The van der Waals surface area contributed by atoms with Crippen LogP contribution in [0.1, 0.15) is 76.0 Å². The topological polar surface area (TPSA) is 63.6 Å². The number of hydrogen-bond donors (Lipinski definition) is 1. The molecule has 0 aliphatic heterocycles. The molecule has 0 fully saturated rings. The molecule has 1 unspecified atom stereocenters. The van der Waals surface area contributed by atoms with Crippen LogP contribution in [0.15, 0.2) is 0 Å². The van der Waals surface area contributed by atoms with E-state index in [0.717, 1.165) is 25.7 Å². The number of carbonyl (C=O) groups excluding carboxylic acids is 1. The van der Waals surface area contributed by atoms with Gasteiger partial charge in [0.05, 0.1) is 0 Å². The Morgan fingerprint density at radius 1 is 1.10 bits per heavy atom. The number of ether oxygens (including phenoxy) is 1. The quantitative estimate of drug-likeness (QED) is 0.243. The monoisotopic (exact) mass is 320 g/mol. The molecule has 1 N–H and O–H groups in total.